The summed E-state index contributed by atoms with van der Waals surface area (Å²) in [5.41, 5.74) is 3.59. The van der Waals surface area contributed by atoms with Crippen LogP contribution in [0.15, 0.2) is 12.1 Å². The summed E-state index contributed by atoms with van der Waals surface area (Å²) < 4.78 is 5.98. The standard InChI is InChI=1S/C18H24N2O2/c1-5-12-8-13-11(2)10-17(3,4)20-15(13)14(9-12)18(16(20)21)19-6-7-22-18/h8-9,11,19H,5-7,10H2,1-4H3/t11-,18-/m1/s1. The number of hydrogen-bond donors (Lipinski definition) is 1. The molecule has 3 aliphatic heterocycles. The van der Waals surface area contributed by atoms with E-state index in [1.165, 1.54) is 11.1 Å². The van der Waals surface area contributed by atoms with Crippen molar-refractivity contribution in [3.05, 3.63) is 28.8 Å². The van der Waals surface area contributed by atoms with E-state index in [4.69, 9.17) is 4.74 Å². The van der Waals surface area contributed by atoms with Gasteiger partial charge < -0.3 is 9.64 Å². The summed E-state index contributed by atoms with van der Waals surface area (Å²) in [6.07, 6.45) is 1.95. The molecule has 3 heterocycles. The Morgan fingerprint density at radius 1 is 1.41 bits per heavy atom. The van der Waals surface area contributed by atoms with Crippen molar-refractivity contribution in [3.63, 3.8) is 0 Å². The van der Waals surface area contributed by atoms with Gasteiger partial charge in [0.05, 0.1) is 12.3 Å². The molecule has 0 aromatic heterocycles. The fourth-order valence-electron chi connectivity index (χ4n) is 4.51. The molecule has 118 valence electrons. The molecular formula is C18H24N2O2. The first-order valence-electron chi connectivity index (χ1n) is 8.31. The Bertz CT molecular complexity index is 659. The predicted octanol–water partition coefficient (Wildman–Crippen LogP) is 2.65. The van der Waals surface area contributed by atoms with Crippen LogP contribution in [0.25, 0.3) is 0 Å². The molecule has 4 rings (SSSR count). The number of carbonyl (C=O) groups is 1. The molecule has 1 saturated heterocycles. The van der Waals surface area contributed by atoms with Crippen molar-refractivity contribution in [2.75, 3.05) is 18.1 Å². The summed E-state index contributed by atoms with van der Waals surface area (Å²) in [6, 6.07) is 4.45. The molecule has 3 aliphatic rings. The van der Waals surface area contributed by atoms with E-state index in [-0.39, 0.29) is 11.4 Å². The first kappa shape index (κ1) is 14.2. The van der Waals surface area contributed by atoms with Gasteiger partial charge in [0, 0.05) is 17.6 Å². The Morgan fingerprint density at radius 2 is 2.18 bits per heavy atom. The highest BCUT2D eigenvalue weighted by Gasteiger charge is 2.59. The molecule has 0 aliphatic carbocycles. The molecule has 0 bridgehead atoms. The minimum absolute atomic E-state index is 0.0615. The predicted molar refractivity (Wildman–Crippen MR) is 86.0 cm³/mol. The van der Waals surface area contributed by atoms with Crippen molar-refractivity contribution >= 4 is 11.6 Å². The number of hydrogen-bond acceptors (Lipinski definition) is 3. The summed E-state index contributed by atoms with van der Waals surface area (Å²) in [5.74, 6) is 0.516. The van der Waals surface area contributed by atoms with E-state index in [2.05, 4.69) is 45.1 Å². The number of rotatable bonds is 1. The zero-order chi connectivity index (χ0) is 15.7. The summed E-state index contributed by atoms with van der Waals surface area (Å²) in [4.78, 5) is 15.3. The number of nitrogens with one attached hydrogen (secondary N) is 1. The van der Waals surface area contributed by atoms with Gasteiger partial charge in [-0.15, -0.1) is 0 Å². The molecule has 1 fully saturated rings. The largest absolute Gasteiger partial charge is 0.346 e. The van der Waals surface area contributed by atoms with Crippen LogP contribution in [0.5, 0.6) is 0 Å². The number of benzene rings is 1. The van der Waals surface area contributed by atoms with E-state index >= 15 is 0 Å². The second-order valence-electron chi connectivity index (χ2n) is 7.45. The number of aryl methyl sites for hydroxylation is 1. The monoisotopic (exact) mass is 300 g/mol. The van der Waals surface area contributed by atoms with Gasteiger partial charge in [-0.3, -0.25) is 10.1 Å². The second kappa shape index (κ2) is 4.33. The number of ether oxygens (including phenoxy) is 1. The maximum atomic E-state index is 13.3. The molecule has 1 aromatic carbocycles. The SMILES string of the molecule is CCc1cc2c3c(c1)[C@]1(NCCO1)C(=O)N3C(C)(C)C[C@H]2C. The average Bonchev–Trinajstić information content (AvgIpc) is 3.04. The van der Waals surface area contributed by atoms with E-state index in [1.54, 1.807) is 0 Å². The van der Waals surface area contributed by atoms with Crippen LogP contribution in [0.2, 0.25) is 0 Å². The summed E-state index contributed by atoms with van der Waals surface area (Å²) in [7, 11) is 0. The molecular weight excluding hydrogens is 276 g/mol. The molecule has 1 amide bonds. The van der Waals surface area contributed by atoms with Crippen molar-refractivity contribution in [2.24, 2.45) is 0 Å². The second-order valence-corrected chi connectivity index (χ2v) is 7.45. The third-order valence-corrected chi connectivity index (χ3v) is 5.45. The van der Waals surface area contributed by atoms with Gasteiger partial charge in [0.25, 0.3) is 5.91 Å². The number of anilines is 1. The molecule has 1 spiro atoms. The Hall–Kier alpha value is -1.39. The van der Waals surface area contributed by atoms with Crippen LogP contribution in [0.1, 0.15) is 56.7 Å². The van der Waals surface area contributed by atoms with Crippen LogP contribution in [-0.2, 0) is 21.7 Å². The van der Waals surface area contributed by atoms with Crippen LogP contribution >= 0.6 is 0 Å². The van der Waals surface area contributed by atoms with E-state index in [0.29, 0.717) is 12.5 Å². The quantitative estimate of drug-likeness (QED) is 0.867. The van der Waals surface area contributed by atoms with Crippen molar-refractivity contribution in [1.82, 2.24) is 5.32 Å². The smallest absolute Gasteiger partial charge is 0.280 e. The molecule has 0 unspecified atom stereocenters. The average molecular weight is 300 g/mol. The van der Waals surface area contributed by atoms with Crippen LogP contribution in [-0.4, -0.2) is 24.6 Å². The Kier molecular flexibility index (Phi) is 2.80. The van der Waals surface area contributed by atoms with Crippen molar-refractivity contribution < 1.29 is 9.53 Å². The van der Waals surface area contributed by atoms with E-state index in [0.717, 1.165) is 30.6 Å². The van der Waals surface area contributed by atoms with E-state index in [9.17, 15) is 4.79 Å². The zero-order valence-corrected chi connectivity index (χ0v) is 13.8. The van der Waals surface area contributed by atoms with Crippen LogP contribution in [0.3, 0.4) is 0 Å². The number of nitrogens with zero attached hydrogens (tertiary/aromatic N) is 1. The van der Waals surface area contributed by atoms with Crippen molar-refractivity contribution in [2.45, 2.75) is 57.7 Å². The molecule has 2 atom stereocenters. The van der Waals surface area contributed by atoms with E-state index < -0.39 is 5.72 Å². The zero-order valence-electron chi connectivity index (χ0n) is 13.8. The van der Waals surface area contributed by atoms with Gasteiger partial charge in [0.2, 0.25) is 5.72 Å². The highest BCUT2D eigenvalue weighted by atomic mass is 16.5. The fourth-order valence-corrected chi connectivity index (χ4v) is 4.51. The lowest BCUT2D eigenvalue weighted by Gasteiger charge is -2.44. The third kappa shape index (κ3) is 1.57. The van der Waals surface area contributed by atoms with Crippen molar-refractivity contribution in [3.8, 4) is 0 Å². The molecule has 0 radical (unpaired) electrons. The lowest BCUT2D eigenvalue weighted by Crippen LogP contribution is -2.55. The number of carbonyl (C=O) groups excluding carboxylic acids is 1. The normalized spacial score (nSPS) is 31.9. The molecule has 4 nitrogen and oxygen atoms in total. The summed E-state index contributed by atoms with van der Waals surface area (Å²) >= 11 is 0. The van der Waals surface area contributed by atoms with E-state index in [1.807, 2.05) is 4.90 Å². The van der Waals surface area contributed by atoms with Gasteiger partial charge >= 0.3 is 0 Å². The fraction of sp³-hybridized carbons (Fsp3) is 0.611. The van der Waals surface area contributed by atoms with Gasteiger partial charge in [-0.25, -0.2) is 0 Å². The number of amides is 1. The lowest BCUT2D eigenvalue weighted by atomic mass is 9.79. The minimum Gasteiger partial charge on any atom is -0.346 e. The first-order chi connectivity index (χ1) is 10.4. The maximum absolute atomic E-state index is 13.3. The Labute approximate surface area is 131 Å². The number of fused-ring (bicyclic) bond motifs is 1. The van der Waals surface area contributed by atoms with Crippen LogP contribution < -0.4 is 10.2 Å². The summed E-state index contributed by atoms with van der Waals surface area (Å²) in [5, 5.41) is 3.35. The minimum atomic E-state index is -0.948. The van der Waals surface area contributed by atoms with Crippen LogP contribution in [0, 0.1) is 0 Å². The summed E-state index contributed by atoms with van der Waals surface area (Å²) in [6.45, 7) is 10.1. The Morgan fingerprint density at radius 3 is 2.82 bits per heavy atom. The lowest BCUT2D eigenvalue weighted by molar-refractivity contribution is -0.141. The van der Waals surface area contributed by atoms with Gasteiger partial charge in [0.1, 0.15) is 0 Å². The Balaban J connectivity index is 2.03. The highest BCUT2D eigenvalue weighted by Crippen LogP contribution is 2.54. The molecule has 0 saturated carbocycles. The van der Waals surface area contributed by atoms with Crippen molar-refractivity contribution in [1.29, 1.82) is 0 Å². The molecule has 1 N–H and O–H groups in total. The molecule has 4 heteroatoms. The first-order valence-corrected chi connectivity index (χ1v) is 8.31. The van der Waals surface area contributed by atoms with Gasteiger partial charge in [0.15, 0.2) is 0 Å². The topological polar surface area (TPSA) is 41.6 Å². The maximum Gasteiger partial charge on any atom is 0.280 e. The molecule has 1 aromatic rings. The van der Waals surface area contributed by atoms with Gasteiger partial charge in [-0.05, 0) is 49.8 Å². The van der Waals surface area contributed by atoms with Gasteiger partial charge in [-0.2, -0.15) is 0 Å². The highest BCUT2D eigenvalue weighted by molar-refractivity contribution is 6.09. The van der Waals surface area contributed by atoms with Gasteiger partial charge in [-0.1, -0.05) is 19.9 Å². The molecule has 22 heavy (non-hydrogen) atoms. The van der Waals surface area contributed by atoms with Crippen LogP contribution in [0.4, 0.5) is 5.69 Å². The third-order valence-electron chi connectivity index (χ3n) is 5.45.